The van der Waals surface area contributed by atoms with Gasteiger partial charge in [-0.2, -0.15) is 0 Å². The summed E-state index contributed by atoms with van der Waals surface area (Å²) in [5, 5.41) is 11.3. The van der Waals surface area contributed by atoms with Crippen molar-refractivity contribution in [3.63, 3.8) is 0 Å². The van der Waals surface area contributed by atoms with Crippen LogP contribution in [0.5, 0.6) is 0 Å². The zero-order valence-corrected chi connectivity index (χ0v) is 19.2. The summed E-state index contributed by atoms with van der Waals surface area (Å²) in [6.07, 6.45) is 8.79. The van der Waals surface area contributed by atoms with Gasteiger partial charge in [0.2, 0.25) is 0 Å². The van der Waals surface area contributed by atoms with Gasteiger partial charge in [0.1, 0.15) is 0 Å². The molecule has 1 aromatic heterocycles. The summed E-state index contributed by atoms with van der Waals surface area (Å²) in [4.78, 5) is 17.0. The Balaban J connectivity index is 1.23. The molecule has 5 rings (SSSR count). The third-order valence-electron chi connectivity index (χ3n) is 7.68. The predicted molar refractivity (Wildman–Crippen MR) is 132 cm³/mol. The Morgan fingerprint density at radius 1 is 1.03 bits per heavy atom. The maximum absolute atomic E-state index is 12.6. The number of carbonyl (C=O) groups is 1. The van der Waals surface area contributed by atoms with Crippen molar-refractivity contribution in [3.8, 4) is 0 Å². The lowest BCUT2D eigenvalue weighted by Crippen LogP contribution is -2.29. The van der Waals surface area contributed by atoms with E-state index in [1.807, 2.05) is 48.9 Å². The molecule has 2 aromatic carbocycles. The molecule has 1 aliphatic heterocycles. The highest BCUT2D eigenvalue weighted by atomic mass is 16.3. The van der Waals surface area contributed by atoms with E-state index in [9.17, 15) is 9.90 Å². The summed E-state index contributed by atoms with van der Waals surface area (Å²) in [5.74, 6) is 0.958. The van der Waals surface area contributed by atoms with Gasteiger partial charge in [0.15, 0.2) is 5.78 Å². The molecule has 1 saturated carbocycles. The van der Waals surface area contributed by atoms with Crippen LogP contribution in [-0.2, 0) is 0 Å². The van der Waals surface area contributed by atoms with Gasteiger partial charge in [0, 0.05) is 12.0 Å². The molecule has 1 N–H and O–H groups in total. The van der Waals surface area contributed by atoms with E-state index < -0.39 is 0 Å². The van der Waals surface area contributed by atoms with Crippen molar-refractivity contribution in [2.24, 2.45) is 11.8 Å². The molecule has 170 valence electrons. The topological polar surface area (TPSA) is 55.1 Å². The Hall–Kier alpha value is -2.98. The SMILES string of the molecule is CC1=C(c2ccccc2)C(CC(O)C2CCC(CC(=O)c3ccccc3)CC2)n2cncc21. The Kier molecular flexibility index (Phi) is 6.28. The van der Waals surface area contributed by atoms with Gasteiger partial charge in [0.25, 0.3) is 0 Å². The molecule has 0 saturated heterocycles. The predicted octanol–water partition coefficient (Wildman–Crippen LogP) is 6.20. The molecule has 0 spiro atoms. The lowest BCUT2D eigenvalue weighted by molar-refractivity contribution is 0.0581. The Morgan fingerprint density at radius 2 is 1.70 bits per heavy atom. The third kappa shape index (κ3) is 4.45. The monoisotopic (exact) mass is 440 g/mol. The minimum Gasteiger partial charge on any atom is -0.393 e. The number of allylic oxidation sites excluding steroid dienone is 2. The van der Waals surface area contributed by atoms with E-state index in [1.54, 1.807) is 0 Å². The average molecular weight is 441 g/mol. The molecule has 0 radical (unpaired) electrons. The minimum atomic E-state index is -0.361. The van der Waals surface area contributed by atoms with Crippen LogP contribution >= 0.6 is 0 Å². The Bertz CT molecular complexity index is 1120. The summed E-state index contributed by atoms with van der Waals surface area (Å²) in [7, 11) is 0. The van der Waals surface area contributed by atoms with Crippen molar-refractivity contribution < 1.29 is 9.90 Å². The molecule has 0 bridgehead atoms. The summed E-state index contributed by atoms with van der Waals surface area (Å²) in [6, 6.07) is 20.2. The van der Waals surface area contributed by atoms with E-state index in [0.717, 1.165) is 36.9 Å². The third-order valence-corrected chi connectivity index (χ3v) is 7.68. The highest BCUT2D eigenvalue weighted by molar-refractivity contribution is 5.96. The first-order valence-corrected chi connectivity index (χ1v) is 12.2. The highest BCUT2D eigenvalue weighted by Crippen LogP contribution is 2.45. The fraction of sp³-hybridized carbons (Fsp3) is 0.379. The van der Waals surface area contributed by atoms with E-state index in [1.165, 1.54) is 16.7 Å². The van der Waals surface area contributed by atoms with Crippen LogP contribution in [-0.4, -0.2) is 26.5 Å². The number of ketones is 1. The second kappa shape index (κ2) is 9.48. The normalized spacial score (nSPS) is 23.4. The van der Waals surface area contributed by atoms with Crippen molar-refractivity contribution >= 4 is 16.9 Å². The number of aliphatic hydroxyl groups excluding tert-OH is 1. The van der Waals surface area contributed by atoms with Crippen LogP contribution < -0.4 is 0 Å². The quantitative estimate of drug-likeness (QED) is 0.445. The van der Waals surface area contributed by atoms with E-state index >= 15 is 0 Å². The minimum absolute atomic E-state index is 0.109. The zero-order valence-electron chi connectivity index (χ0n) is 19.2. The van der Waals surface area contributed by atoms with Crippen LogP contribution in [0.15, 0.2) is 73.2 Å². The summed E-state index contributed by atoms with van der Waals surface area (Å²) < 4.78 is 2.23. The molecule has 2 atom stereocenters. The molecular formula is C29H32N2O2. The number of aromatic nitrogens is 2. The van der Waals surface area contributed by atoms with Crippen molar-refractivity contribution in [1.82, 2.24) is 9.55 Å². The molecule has 3 aromatic rings. The number of fused-ring (bicyclic) bond motifs is 1. The van der Waals surface area contributed by atoms with Crippen molar-refractivity contribution in [3.05, 3.63) is 90.0 Å². The summed E-state index contributed by atoms with van der Waals surface area (Å²) in [5.41, 5.74) is 5.73. The first kappa shape index (κ1) is 21.8. The van der Waals surface area contributed by atoms with E-state index in [4.69, 9.17) is 0 Å². The smallest absolute Gasteiger partial charge is 0.163 e. The van der Waals surface area contributed by atoms with Gasteiger partial charge < -0.3 is 9.67 Å². The number of carbonyl (C=O) groups excluding carboxylic acids is 1. The zero-order chi connectivity index (χ0) is 22.8. The number of hydrogen-bond acceptors (Lipinski definition) is 3. The van der Waals surface area contributed by atoms with E-state index in [-0.39, 0.29) is 23.8 Å². The average Bonchev–Trinajstić information content (AvgIpc) is 3.43. The molecular weight excluding hydrogens is 408 g/mol. The fourth-order valence-corrected chi connectivity index (χ4v) is 5.83. The Morgan fingerprint density at radius 3 is 2.39 bits per heavy atom. The van der Waals surface area contributed by atoms with E-state index in [0.29, 0.717) is 18.8 Å². The second-order valence-electron chi connectivity index (χ2n) is 9.68. The molecule has 1 aliphatic carbocycles. The van der Waals surface area contributed by atoms with Gasteiger partial charge in [-0.3, -0.25) is 4.79 Å². The first-order chi connectivity index (χ1) is 16.1. The van der Waals surface area contributed by atoms with Gasteiger partial charge in [-0.25, -0.2) is 4.98 Å². The summed E-state index contributed by atoms with van der Waals surface area (Å²) >= 11 is 0. The van der Waals surface area contributed by atoms with Gasteiger partial charge in [-0.15, -0.1) is 0 Å². The lowest BCUT2D eigenvalue weighted by atomic mass is 9.75. The number of nitrogens with zero attached hydrogens (tertiary/aromatic N) is 2. The molecule has 2 unspecified atom stereocenters. The van der Waals surface area contributed by atoms with Crippen LogP contribution in [0.3, 0.4) is 0 Å². The number of benzene rings is 2. The molecule has 4 nitrogen and oxygen atoms in total. The lowest BCUT2D eigenvalue weighted by Gasteiger charge is -2.33. The number of hydrogen-bond donors (Lipinski definition) is 1. The van der Waals surface area contributed by atoms with Crippen LogP contribution in [0.4, 0.5) is 0 Å². The van der Waals surface area contributed by atoms with Crippen LogP contribution in [0.1, 0.15) is 73.1 Å². The largest absolute Gasteiger partial charge is 0.393 e. The Labute approximate surface area is 196 Å². The van der Waals surface area contributed by atoms with Crippen LogP contribution in [0.2, 0.25) is 0 Å². The summed E-state index contributed by atoms with van der Waals surface area (Å²) in [6.45, 7) is 2.16. The molecule has 4 heteroatoms. The van der Waals surface area contributed by atoms with Gasteiger partial charge in [-0.1, -0.05) is 60.7 Å². The standard InChI is InChI=1S/C29H32N2O2/c1-20-26-18-30-19-31(26)25(29(20)24-10-6-3-7-11-24)17-28(33)23-14-12-21(13-15-23)16-27(32)22-8-4-2-5-9-22/h2-11,18-19,21,23,25,28,33H,12-17H2,1H3. The molecule has 2 heterocycles. The van der Waals surface area contributed by atoms with Gasteiger partial charge in [0.05, 0.1) is 30.4 Å². The van der Waals surface area contributed by atoms with Crippen LogP contribution in [0, 0.1) is 11.8 Å². The first-order valence-electron chi connectivity index (χ1n) is 12.2. The van der Waals surface area contributed by atoms with Gasteiger partial charge >= 0.3 is 0 Å². The van der Waals surface area contributed by atoms with Crippen molar-refractivity contribution in [1.29, 1.82) is 0 Å². The van der Waals surface area contributed by atoms with Crippen LogP contribution in [0.25, 0.3) is 11.1 Å². The molecule has 33 heavy (non-hydrogen) atoms. The molecule has 0 amide bonds. The number of rotatable bonds is 7. The fourth-order valence-electron chi connectivity index (χ4n) is 5.83. The number of imidazole rings is 1. The maximum atomic E-state index is 12.6. The van der Waals surface area contributed by atoms with E-state index in [2.05, 4.69) is 40.7 Å². The van der Waals surface area contributed by atoms with Crippen molar-refractivity contribution in [2.75, 3.05) is 0 Å². The maximum Gasteiger partial charge on any atom is 0.163 e. The molecule has 1 fully saturated rings. The van der Waals surface area contributed by atoms with Gasteiger partial charge in [-0.05, 0) is 67.6 Å². The number of aliphatic hydroxyl groups is 1. The number of Topliss-reactive ketones (excluding diaryl/α,β-unsaturated/α-hetero) is 1. The highest BCUT2D eigenvalue weighted by Gasteiger charge is 2.35. The second-order valence-corrected chi connectivity index (χ2v) is 9.68. The van der Waals surface area contributed by atoms with Crippen molar-refractivity contribution in [2.45, 2.75) is 57.6 Å². The molecule has 2 aliphatic rings.